The first-order valence-electron chi connectivity index (χ1n) is 6.75. The first kappa shape index (κ1) is 17.6. The molecule has 0 atom stereocenters. The number of primary amides is 1. The first-order chi connectivity index (χ1) is 10.4. The zero-order valence-corrected chi connectivity index (χ0v) is 12.6. The van der Waals surface area contributed by atoms with Gasteiger partial charge in [-0.1, -0.05) is 19.9 Å². The van der Waals surface area contributed by atoms with Gasteiger partial charge in [-0.15, -0.1) is 0 Å². The number of dihydropyridines is 1. The largest absolute Gasteiger partial charge is 0.383 e. The predicted molar refractivity (Wildman–Crippen MR) is 79.5 cm³/mol. The SMILES string of the molecule is CC.Cc1ccc(NC2=C(C(N)=O)C(F)=CNC2)c(F)c1F. The van der Waals surface area contributed by atoms with Crippen molar-refractivity contribution in [2.75, 3.05) is 11.9 Å². The number of hydrogen-bond donors (Lipinski definition) is 3. The summed E-state index contributed by atoms with van der Waals surface area (Å²) in [6, 6.07) is 2.67. The van der Waals surface area contributed by atoms with Crippen LogP contribution in [0.4, 0.5) is 18.9 Å². The van der Waals surface area contributed by atoms with Gasteiger partial charge in [0.2, 0.25) is 0 Å². The Kier molecular flexibility index (Phi) is 6.03. The molecule has 1 aromatic rings. The highest BCUT2D eigenvalue weighted by Crippen LogP contribution is 2.25. The number of nitrogens with one attached hydrogen (secondary N) is 2. The van der Waals surface area contributed by atoms with Gasteiger partial charge in [-0.25, -0.2) is 13.2 Å². The molecule has 1 aliphatic rings. The molecule has 7 heteroatoms. The molecule has 4 N–H and O–H groups in total. The molecular weight excluding hydrogens is 295 g/mol. The van der Waals surface area contributed by atoms with Crippen LogP contribution in [0.1, 0.15) is 19.4 Å². The molecule has 0 fully saturated rings. The number of carbonyl (C=O) groups excluding carboxylic acids is 1. The third kappa shape index (κ3) is 3.60. The number of amides is 1. The van der Waals surface area contributed by atoms with Crippen LogP contribution in [0.3, 0.4) is 0 Å². The lowest BCUT2D eigenvalue weighted by atomic mass is 10.1. The zero-order chi connectivity index (χ0) is 16.9. The van der Waals surface area contributed by atoms with Gasteiger partial charge >= 0.3 is 0 Å². The van der Waals surface area contributed by atoms with Crippen LogP contribution in [0.2, 0.25) is 0 Å². The van der Waals surface area contributed by atoms with Crippen molar-refractivity contribution < 1.29 is 18.0 Å². The number of aryl methyl sites for hydroxylation is 1. The van der Waals surface area contributed by atoms with Crippen molar-refractivity contribution in [3.63, 3.8) is 0 Å². The van der Waals surface area contributed by atoms with Gasteiger partial charge in [0.25, 0.3) is 5.91 Å². The Bertz CT molecular complexity index is 639. The summed E-state index contributed by atoms with van der Waals surface area (Å²) in [5.74, 6) is -3.96. The maximum absolute atomic E-state index is 13.7. The average Bonchev–Trinajstić information content (AvgIpc) is 2.49. The first-order valence-corrected chi connectivity index (χ1v) is 6.75. The molecule has 1 amide bonds. The Labute approximate surface area is 126 Å². The third-order valence-electron chi connectivity index (χ3n) is 2.86. The van der Waals surface area contributed by atoms with E-state index in [-0.39, 0.29) is 29.1 Å². The molecule has 0 aromatic heterocycles. The van der Waals surface area contributed by atoms with E-state index in [4.69, 9.17) is 5.73 Å². The molecule has 1 aliphatic heterocycles. The van der Waals surface area contributed by atoms with Crippen molar-refractivity contribution >= 4 is 11.6 Å². The lowest BCUT2D eigenvalue weighted by molar-refractivity contribution is -0.114. The lowest BCUT2D eigenvalue weighted by Gasteiger charge is -2.19. The second kappa shape index (κ2) is 7.53. The van der Waals surface area contributed by atoms with Crippen LogP contribution in [-0.4, -0.2) is 12.5 Å². The normalized spacial score (nSPS) is 13.6. The van der Waals surface area contributed by atoms with Crippen LogP contribution < -0.4 is 16.4 Å². The molecule has 22 heavy (non-hydrogen) atoms. The van der Waals surface area contributed by atoms with Crippen molar-refractivity contribution in [1.29, 1.82) is 0 Å². The minimum atomic E-state index is -1.10. The maximum atomic E-state index is 13.7. The Morgan fingerprint density at radius 1 is 1.23 bits per heavy atom. The van der Waals surface area contributed by atoms with Crippen LogP contribution in [0.5, 0.6) is 0 Å². The summed E-state index contributed by atoms with van der Waals surface area (Å²) >= 11 is 0. The highest BCUT2D eigenvalue weighted by Gasteiger charge is 2.22. The fourth-order valence-electron chi connectivity index (χ4n) is 1.83. The van der Waals surface area contributed by atoms with Gasteiger partial charge in [0, 0.05) is 6.20 Å². The van der Waals surface area contributed by atoms with Gasteiger partial charge in [-0.2, -0.15) is 0 Å². The van der Waals surface area contributed by atoms with E-state index in [1.807, 2.05) is 13.8 Å². The average molecular weight is 313 g/mol. The minimum Gasteiger partial charge on any atom is -0.383 e. The number of rotatable bonds is 3. The maximum Gasteiger partial charge on any atom is 0.253 e. The summed E-state index contributed by atoms with van der Waals surface area (Å²) in [5.41, 5.74) is 4.68. The van der Waals surface area contributed by atoms with E-state index in [1.54, 1.807) is 0 Å². The van der Waals surface area contributed by atoms with Crippen LogP contribution in [0, 0.1) is 18.6 Å². The molecule has 120 valence electrons. The standard InChI is InChI=1S/C13H12F3N3O.C2H6/c1-6-2-3-8(12(16)11(6)15)19-9-5-18-4-7(14)10(9)13(17)20;1-2/h2-4,18-19H,5H2,1H3,(H2,17,20);1-2H3. The van der Waals surface area contributed by atoms with Crippen LogP contribution in [-0.2, 0) is 4.79 Å². The van der Waals surface area contributed by atoms with Crippen molar-refractivity contribution in [2.24, 2.45) is 5.73 Å². The predicted octanol–water partition coefficient (Wildman–Crippen LogP) is 2.86. The fraction of sp³-hybridized carbons (Fsp3) is 0.267. The summed E-state index contributed by atoms with van der Waals surface area (Å²) in [5, 5.41) is 5.05. The molecule has 0 spiro atoms. The molecule has 1 aromatic carbocycles. The van der Waals surface area contributed by atoms with Crippen molar-refractivity contribution in [2.45, 2.75) is 20.8 Å². The van der Waals surface area contributed by atoms with E-state index in [9.17, 15) is 18.0 Å². The second-order valence-electron chi connectivity index (χ2n) is 4.27. The number of hydrogen-bond acceptors (Lipinski definition) is 3. The van der Waals surface area contributed by atoms with E-state index in [0.29, 0.717) is 0 Å². The van der Waals surface area contributed by atoms with Gasteiger partial charge in [0.05, 0.1) is 23.5 Å². The number of benzene rings is 1. The fourth-order valence-corrected chi connectivity index (χ4v) is 1.83. The van der Waals surface area contributed by atoms with Gasteiger partial charge in [0.1, 0.15) is 0 Å². The summed E-state index contributed by atoms with van der Waals surface area (Å²) in [4.78, 5) is 11.2. The molecule has 2 rings (SSSR count). The van der Waals surface area contributed by atoms with E-state index >= 15 is 0 Å². The monoisotopic (exact) mass is 313 g/mol. The minimum absolute atomic E-state index is 0.0413. The molecule has 0 saturated carbocycles. The van der Waals surface area contributed by atoms with E-state index in [2.05, 4.69) is 10.6 Å². The lowest BCUT2D eigenvalue weighted by Crippen LogP contribution is -2.28. The Balaban J connectivity index is 0.00000116. The molecule has 0 bridgehead atoms. The quantitative estimate of drug-likeness (QED) is 0.804. The van der Waals surface area contributed by atoms with Gasteiger partial charge in [0.15, 0.2) is 17.5 Å². The van der Waals surface area contributed by atoms with Crippen molar-refractivity contribution in [3.05, 3.63) is 52.6 Å². The summed E-state index contributed by atoms with van der Waals surface area (Å²) in [6.07, 6.45) is 0.983. The zero-order valence-electron chi connectivity index (χ0n) is 12.6. The molecule has 0 aliphatic carbocycles. The number of halogens is 3. The van der Waals surface area contributed by atoms with Crippen LogP contribution in [0.25, 0.3) is 0 Å². The highest BCUT2D eigenvalue weighted by atomic mass is 19.2. The Hall–Kier alpha value is -2.44. The molecular formula is C15H18F3N3O. The van der Waals surface area contributed by atoms with Crippen LogP contribution in [0.15, 0.2) is 35.4 Å². The van der Waals surface area contributed by atoms with E-state index < -0.39 is 23.4 Å². The van der Waals surface area contributed by atoms with E-state index in [0.717, 1.165) is 6.20 Å². The molecule has 1 heterocycles. The molecule has 0 saturated heterocycles. The van der Waals surface area contributed by atoms with Crippen molar-refractivity contribution in [1.82, 2.24) is 5.32 Å². The smallest absolute Gasteiger partial charge is 0.253 e. The Morgan fingerprint density at radius 2 is 1.86 bits per heavy atom. The van der Waals surface area contributed by atoms with Crippen LogP contribution >= 0.6 is 0 Å². The Morgan fingerprint density at radius 3 is 2.45 bits per heavy atom. The highest BCUT2D eigenvalue weighted by molar-refractivity contribution is 5.97. The molecule has 4 nitrogen and oxygen atoms in total. The van der Waals surface area contributed by atoms with Gasteiger partial charge < -0.3 is 16.4 Å². The number of nitrogens with two attached hydrogens (primary N) is 1. The summed E-state index contributed by atoms with van der Waals surface area (Å²) < 4.78 is 40.7. The number of carbonyl (C=O) groups is 1. The van der Waals surface area contributed by atoms with E-state index in [1.165, 1.54) is 19.1 Å². The number of anilines is 1. The van der Waals surface area contributed by atoms with Crippen molar-refractivity contribution in [3.8, 4) is 0 Å². The van der Waals surface area contributed by atoms with Gasteiger partial charge in [-0.05, 0) is 18.6 Å². The molecule has 0 radical (unpaired) electrons. The third-order valence-corrected chi connectivity index (χ3v) is 2.86. The van der Waals surface area contributed by atoms with Gasteiger partial charge in [-0.3, -0.25) is 4.79 Å². The second-order valence-corrected chi connectivity index (χ2v) is 4.27. The summed E-state index contributed by atoms with van der Waals surface area (Å²) in [7, 11) is 0. The molecule has 0 unspecified atom stereocenters. The summed E-state index contributed by atoms with van der Waals surface area (Å²) in [6.45, 7) is 5.46. The topological polar surface area (TPSA) is 67.1 Å².